The van der Waals surface area contributed by atoms with Crippen LogP contribution in [0.5, 0.6) is 0 Å². The molecule has 88 valence electrons. The highest BCUT2D eigenvalue weighted by Gasteiger charge is 2.06. The summed E-state index contributed by atoms with van der Waals surface area (Å²) < 4.78 is 22.0. The van der Waals surface area contributed by atoms with Crippen molar-refractivity contribution >= 4 is 15.9 Å². The molecular formula is C10H15N3O2S. The van der Waals surface area contributed by atoms with Gasteiger partial charge in [-0.3, -0.25) is 4.99 Å². The number of sulfonamides is 1. The number of nitrogens with two attached hydrogens (primary N) is 2. The number of primary sulfonamides is 1. The highest BCUT2D eigenvalue weighted by molar-refractivity contribution is 7.89. The van der Waals surface area contributed by atoms with Crippen LogP contribution in [0.4, 0.5) is 0 Å². The maximum absolute atomic E-state index is 11.0. The second-order valence-electron chi connectivity index (χ2n) is 3.46. The van der Waals surface area contributed by atoms with E-state index >= 15 is 0 Å². The summed E-state index contributed by atoms with van der Waals surface area (Å²) in [6.07, 6.45) is 0.722. The van der Waals surface area contributed by atoms with E-state index in [9.17, 15) is 8.42 Å². The Kier molecular flexibility index (Phi) is 4.03. The first-order valence-electron chi connectivity index (χ1n) is 4.78. The van der Waals surface area contributed by atoms with E-state index in [2.05, 4.69) is 4.99 Å². The molecule has 0 aliphatic heterocycles. The first-order chi connectivity index (χ1) is 7.39. The van der Waals surface area contributed by atoms with Crippen molar-refractivity contribution in [2.75, 3.05) is 6.54 Å². The molecule has 0 saturated carbocycles. The molecule has 0 amide bonds. The molecule has 0 heterocycles. The summed E-state index contributed by atoms with van der Waals surface area (Å²) in [5.74, 6) is 0.543. The van der Waals surface area contributed by atoms with Crippen molar-refractivity contribution in [1.29, 1.82) is 0 Å². The molecule has 5 nitrogen and oxygen atoms in total. The summed E-state index contributed by atoms with van der Waals surface area (Å²) in [4.78, 5) is 4.16. The van der Waals surface area contributed by atoms with Gasteiger partial charge in [-0.05, 0) is 31.0 Å². The first-order valence-corrected chi connectivity index (χ1v) is 6.32. The zero-order valence-electron chi connectivity index (χ0n) is 9.05. The molecule has 0 fully saturated rings. The van der Waals surface area contributed by atoms with Gasteiger partial charge in [-0.1, -0.05) is 12.1 Å². The van der Waals surface area contributed by atoms with Crippen molar-refractivity contribution in [2.24, 2.45) is 15.9 Å². The smallest absolute Gasteiger partial charge is 0.238 e. The van der Waals surface area contributed by atoms with E-state index in [0.717, 1.165) is 12.0 Å². The maximum Gasteiger partial charge on any atom is 0.238 e. The highest BCUT2D eigenvalue weighted by atomic mass is 32.2. The predicted molar refractivity (Wildman–Crippen MR) is 63.7 cm³/mol. The lowest BCUT2D eigenvalue weighted by molar-refractivity contribution is 0.598. The van der Waals surface area contributed by atoms with Crippen LogP contribution in [-0.2, 0) is 16.4 Å². The van der Waals surface area contributed by atoms with Crippen molar-refractivity contribution in [3.8, 4) is 0 Å². The van der Waals surface area contributed by atoms with E-state index in [-0.39, 0.29) is 4.90 Å². The van der Waals surface area contributed by atoms with Crippen molar-refractivity contribution in [2.45, 2.75) is 18.2 Å². The lowest BCUT2D eigenvalue weighted by Gasteiger charge is -2.01. The SMILES string of the molecule is CC(N)=NCCc1ccc(S(N)(=O)=O)cc1. The average Bonchev–Trinajstić information content (AvgIpc) is 2.16. The van der Waals surface area contributed by atoms with E-state index in [1.54, 1.807) is 19.1 Å². The van der Waals surface area contributed by atoms with Gasteiger partial charge in [0.15, 0.2) is 0 Å². The molecule has 0 bridgehead atoms. The minimum atomic E-state index is -3.60. The van der Waals surface area contributed by atoms with E-state index in [4.69, 9.17) is 10.9 Å². The molecule has 4 N–H and O–H groups in total. The topological polar surface area (TPSA) is 98.5 Å². The van der Waals surface area contributed by atoms with Gasteiger partial charge in [-0.25, -0.2) is 13.6 Å². The molecule has 0 saturated heterocycles. The standard InChI is InChI=1S/C10H15N3O2S/c1-8(11)13-7-6-9-2-4-10(5-3-9)16(12,14)15/h2-5H,6-7H2,1H3,(H2,11,13)(H2,12,14,15). The lowest BCUT2D eigenvalue weighted by Crippen LogP contribution is -2.12. The molecule has 0 aromatic heterocycles. The lowest BCUT2D eigenvalue weighted by atomic mass is 10.1. The van der Waals surface area contributed by atoms with E-state index in [1.807, 2.05) is 0 Å². The molecule has 1 aromatic carbocycles. The Hall–Kier alpha value is -1.40. The second kappa shape index (κ2) is 5.09. The molecule has 16 heavy (non-hydrogen) atoms. The van der Waals surface area contributed by atoms with Crippen molar-refractivity contribution < 1.29 is 8.42 Å². The summed E-state index contributed by atoms with van der Waals surface area (Å²) >= 11 is 0. The Bertz CT molecular complexity index is 473. The Morgan fingerprint density at radius 3 is 2.31 bits per heavy atom. The van der Waals surface area contributed by atoms with Gasteiger partial charge in [0.05, 0.1) is 10.7 Å². The molecule has 0 unspecified atom stereocenters. The van der Waals surface area contributed by atoms with Gasteiger partial charge < -0.3 is 5.73 Å². The van der Waals surface area contributed by atoms with Gasteiger partial charge in [-0.2, -0.15) is 0 Å². The van der Waals surface area contributed by atoms with Crippen LogP contribution in [0.1, 0.15) is 12.5 Å². The molecule has 0 radical (unpaired) electrons. The normalized spacial score (nSPS) is 12.8. The molecular weight excluding hydrogens is 226 g/mol. The maximum atomic E-state index is 11.0. The quantitative estimate of drug-likeness (QED) is 0.584. The molecule has 0 aliphatic carbocycles. The number of amidine groups is 1. The van der Waals surface area contributed by atoms with E-state index < -0.39 is 10.0 Å². The van der Waals surface area contributed by atoms with Crippen molar-refractivity contribution in [1.82, 2.24) is 0 Å². The van der Waals surface area contributed by atoms with Crippen LogP contribution in [0.25, 0.3) is 0 Å². The van der Waals surface area contributed by atoms with Crippen LogP contribution < -0.4 is 10.9 Å². The average molecular weight is 241 g/mol. The predicted octanol–water partition coefficient (Wildman–Crippen LogP) is 0.254. The summed E-state index contributed by atoms with van der Waals surface area (Å²) in [7, 11) is -3.60. The van der Waals surface area contributed by atoms with Crippen LogP contribution in [0.2, 0.25) is 0 Å². The largest absolute Gasteiger partial charge is 0.388 e. The molecule has 6 heteroatoms. The summed E-state index contributed by atoms with van der Waals surface area (Å²) in [5, 5.41) is 4.98. The third-order valence-corrected chi connectivity index (χ3v) is 2.94. The third kappa shape index (κ3) is 4.00. The van der Waals surface area contributed by atoms with Crippen LogP contribution in [-0.4, -0.2) is 20.8 Å². The monoisotopic (exact) mass is 241 g/mol. The van der Waals surface area contributed by atoms with Gasteiger partial charge in [-0.15, -0.1) is 0 Å². The fourth-order valence-corrected chi connectivity index (χ4v) is 1.72. The number of nitrogens with zero attached hydrogens (tertiary/aromatic N) is 1. The zero-order chi connectivity index (χ0) is 12.2. The number of benzene rings is 1. The van der Waals surface area contributed by atoms with E-state index in [1.165, 1.54) is 12.1 Å². The molecule has 0 aliphatic rings. The Labute approximate surface area is 95.2 Å². The number of hydrogen-bond donors (Lipinski definition) is 2. The first kappa shape index (κ1) is 12.7. The number of rotatable bonds is 4. The number of hydrogen-bond acceptors (Lipinski definition) is 3. The van der Waals surface area contributed by atoms with Crippen molar-refractivity contribution in [3.05, 3.63) is 29.8 Å². The minimum Gasteiger partial charge on any atom is -0.388 e. The third-order valence-electron chi connectivity index (χ3n) is 2.01. The highest BCUT2D eigenvalue weighted by Crippen LogP contribution is 2.09. The molecule has 0 atom stereocenters. The Balaban J connectivity index is 2.69. The fourth-order valence-electron chi connectivity index (χ4n) is 1.21. The zero-order valence-corrected chi connectivity index (χ0v) is 9.87. The van der Waals surface area contributed by atoms with Gasteiger partial charge in [0, 0.05) is 6.54 Å². The molecule has 1 aromatic rings. The summed E-state index contributed by atoms with van der Waals surface area (Å²) in [5.41, 5.74) is 6.39. The Morgan fingerprint density at radius 1 is 1.31 bits per heavy atom. The van der Waals surface area contributed by atoms with Gasteiger partial charge in [0.25, 0.3) is 0 Å². The Morgan fingerprint density at radius 2 is 1.88 bits per heavy atom. The second-order valence-corrected chi connectivity index (χ2v) is 5.02. The van der Waals surface area contributed by atoms with E-state index in [0.29, 0.717) is 12.4 Å². The van der Waals surface area contributed by atoms with Gasteiger partial charge in [0.1, 0.15) is 0 Å². The molecule has 1 rings (SSSR count). The van der Waals surface area contributed by atoms with Gasteiger partial charge >= 0.3 is 0 Å². The van der Waals surface area contributed by atoms with Crippen LogP contribution in [0.3, 0.4) is 0 Å². The van der Waals surface area contributed by atoms with Crippen molar-refractivity contribution in [3.63, 3.8) is 0 Å². The summed E-state index contributed by atoms with van der Waals surface area (Å²) in [6, 6.07) is 6.43. The van der Waals surface area contributed by atoms with Gasteiger partial charge in [0.2, 0.25) is 10.0 Å². The minimum absolute atomic E-state index is 0.120. The van der Waals surface area contributed by atoms with Crippen LogP contribution >= 0.6 is 0 Å². The molecule has 0 spiro atoms. The number of aliphatic imine (C=N–C) groups is 1. The fraction of sp³-hybridized carbons (Fsp3) is 0.300. The van der Waals surface area contributed by atoms with Crippen LogP contribution in [0.15, 0.2) is 34.2 Å². The summed E-state index contributed by atoms with van der Waals surface area (Å²) in [6.45, 7) is 2.32. The van der Waals surface area contributed by atoms with Crippen LogP contribution in [0, 0.1) is 0 Å².